The highest BCUT2D eigenvalue weighted by Crippen LogP contribution is 2.27. The molecule has 184 valence electrons. The second-order valence-electron chi connectivity index (χ2n) is 8.29. The lowest BCUT2D eigenvalue weighted by Gasteiger charge is -2.26. The number of ether oxygens (including phenoxy) is 1. The minimum absolute atomic E-state index is 0.0680. The van der Waals surface area contributed by atoms with Crippen molar-refractivity contribution in [2.45, 2.75) is 17.9 Å². The molecule has 0 aliphatic carbocycles. The topological polar surface area (TPSA) is 75.7 Å². The van der Waals surface area contributed by atoms with Crippen LogP contribution in [0, 0.1) is 6.92 Å². The molecule has 0 heterocycles. The second kappa shape index (κ2) is 11.1. The fourth-order valence-electron chi connectivity index (χ4n) is 4.02. The average molecular weight is 501 g/mol. The molecule has 1 amide bonds. The molecule has 4 aromatic carbocycles. The van der Waals surface area contributed by atoms with Gasteiger partial charge < -0.3 is 10.1 Å². The Morgan fingerprint density at radius 2 is 1.42 bits per heavy atom. The smallest absolute Gasteiger partial charge is 0.264 e. The number of rotatable bonds is 9. The standard InChI is InChI=1S/C29H28N2O4S/c1-22-11-9-10-16-27(22)29(23-12-5-3-6-13-23)30-28(32)21-31(24-14-7-4-8-15-24)36(33,34)26-19-17-25(35-2)18-20-26/h3-20,29H,21H2,1-2H3,(H,30,32)/t29-/m1/s1. The third kappa shape index (κ3) is 5.58. The molecule has 0 unspecified atom stereocenters. The number of amides is 1. The minimum atomic E-state index is -4.03. The molecule has 0 aliphatic rings. The number of aryl methyl sites for hydroxylation is 1. The molecule has 1 atom stereocenters. The average Bonchev–Trinajstić information content (AvgIpc) is 2.92. The van der Waals surface area contributed by atoms with E-state index < -0.39 is 22.0 Å². The lowest BCUT2D eigenvalue weighted by molar-refractivity contribution is -0.120. The molecule has 4 aromatic rings. The first-order valence-electron chi connectivity index (χ1n) is 11.5. The molecule has 36 heavy (non-hydrogen) atoms. The fourth-order valence-corrected chi connectivity index (χ4v) is 5.44. The number of hydrogen-bond acceptors (Lipinski definition) is 4. The van der Waals surface area contributed by atoms with Crippen molar-refractivity contribution in [1.82, 2.24) is 5.32 Å². The normalized spacial score (nSPS) is 11.9. The first-order chi connectivity index (χ1) is 17.4. The van der Waals surface area contributed by atoms with Crippen molar-refractivity contribution in [2.24, 2.45) is 0 Å². The Labute approximate surface area is 212 Å². The van der Waals surface area contributed by atoms with Gasteiger partial charge in [-0.2, -0.15) is 0 Å². The number of nitrogens with zero attached hydrogens (tertiary/aromatic N) is 1. The molecule has 6 nitrogen and oxygen atoms in total. The quantitative estimate of drug-likeness (QED) is 0.347. The van der Waals surface area contributed by atoms with E-state index in [0.717, 1.165) is 21.0 Å². The van der Waals surface area contributed by atoms with Gasteiger partial charge in [0, 0.05) is 0 Å². The van der Waals surface area contributed by atoms with Gasteiger partial charge in [0.1, 0.15) is 12.3 Å². The molecule has 0 aromatic heterocycles. The summed E-state index contributed by atoms with van der Waals surface area (Å²) in [7, 11) is -2.51. The van der Waals surface area contributed by atoms with E-state index >= 15 is 0 Å². The Kier molecular flexibility index (Phi) is 7.71. The van der Waals surface area contributed by atoms with Crippen LogP contribution in [-0.4, -0.2) is 28.0 Å². The predicted octanol–water partition coefficient (Wildman–Crippen LogP) is 5.10. The highest BCUT2D eigenvalue weighted by Gasteiger charge is 2.28. The van der Waals surface area contributed by atoms with Crippen LogP contribution < -0.4 is 14.4 Å². The SMILES string of the molecule is COc1ccc(S(=O)(=O)N(CC(=O)N[C@H](c2ccccc2)c2ccccc2C)c2ccccc2)cc1. The Bertz CT molecular complexity index is 1410. The van der Waals surface area contributed by atoms with Crippen LogP contribution in [0.2, 0.25) is 0 Å². The number of para-hydroxylation sites is 1. The van der Waals surface area contributed by atoms with E-state index in [2.05, 4.69) is 5.32 Å². The van der Waals surface area contributed by atoms with E-state index in [-0.39, 0.29) is 11.4 Å². The van der Waals surface area contributed by atoms with Gasteiger partial charge in [0.25, 0.3) is 10.0 Å². The third-order valence-electron chi connectivity index (χ3n) is 5.92. The monoisotopic (exact) mass is 500 g/mol. The molecule has 4 rings (SSSR count). The highest BCUT2D eigenvalue weighted by molar-refractivity contribution is 7.92. The van der Waals surface area contributed by atoms with Crippen molar-refractivity contribution >= 4 is 21.6 Å². The summed E-state index contributed by atoms with van der Waals surface area (Å²) in [6, 6.07) is 31.8. The van der Waals surface area contributed by atoms with Crippen LogP contribution in [0.3, 0.4) is 0 Å². The predicted molar refractivity (Wildman–Crippen MR) is 142 cm³/mol. The molecule has 0 saturated heterocycles. The third-order valence-corrected chi connectivity index (χ3v) is 7.70. The molecule has 0 saturated carbocycles. The van der Waals surface area contributed by atoms with Crippen molar-refractivity contribution in [3.8, 4) is 5.75 Å². The lowest BCUT2D eigenvalue weighted by atomic mass is 9.95. The van der Waals surface area contributed by atoms with Crippen molar-refractivity contribution in [3.05, 3.63) is 126 Å². The zero-order chi connectivity index (χ0) is 25.5. The molecule has 1 N–H and O–H groups in total. The van der Waals surface area contributed by atoms with Crippen LogP contribution in [0.15, 0.2) is 114 Å². The van der Waals surface area contributed by atoms with Gasteiger partial charge in [0.15, 0.2) is 0 Å². The first-order valence-corrected chi connectivity index (χ1v) is 13.0. The summed E-state index contributed by atoms with van der Waals surface area (Å²) in [5, 5.41) is 3.07. The zero-order valence-electron chi connectivity index (χ0n) is 20.2. The Hall–Kier alpha value is -4.10. The number of methoxy groups -OCH3 is 1. The van der Waals surface area contributed by atoms with Gasteiger partial charge in [-0.05, 0) is 60.0 Å². The highest BCUT2D eigenvalue weighted by atomic mass is 32.2. The van der Waals surface area contributed by atoms with Gasteiger partial charge in [0.05, 0.1) is 23.7 Å². The maximum Gasteiger partial charge on any atom is 0.264 e. The van der Waals surface area contributed by atoms with E-state index in [0.29, 0.717) is 11.4 Å². The Morgan fingerprint density at radius 3 is 2.03 bits per heavy atom. The van der Waals surface area contributed by atoms with Crippen LogP contribution in [0.1, 0.15) is 22.7 Å². The molecule has 0 fully saturated rings. The molecular weight excluding hydrogens is 472 g/mol. The van der Waals surface area contributed by atoms with E-state index in [1.807, 2.05) is 61.5 Å². The summed E-state index contributed by atoms with van der Waals surface area (Å²) in [5.74, 6) is 0.120. The Balaban J connectivity index is 1.67. The molecule has 0 aliphatic heterocycles. The molecule has 7 heteroatoms. The van der Waals surface area contributed by atoms with Gasteiger partial charge in [-0.1, -0.05) is 72.8 Å². The maximum absolute atomic E-state index is 13.7. The van der Waals surface area contributed by atoms with Crippen molar-refractivity contribution in [3.63, 3.8) is 0 Å². The van der Waals surface area contributed by atoms with Crippen LogP contribution in [0.4, 0.5) is 5.69 Å². The maximum atomic E-state index is 13.7. The van der Waals surface area contributed by atoms with E-state index in [9.17, 15) is 13.2 Å². The van der Waals surface area contributed by atoms with Crippen molar-refractivity contribution in [1.29, 1.82) is 0 Å². The number of nitrogens with one attached hydrogen (secondary N) is 1. The summed E-state index contributed by atoms with van der Waals surface area (Å²) < 4.78 is 33.6. The van der Waals surface area contributed by atoms with Gasteiger partial charge in [-0.3, -0.25) is 9.10 Å². The number of carbonyl (C=O) groups is 1. The second-order valence-corrected chi connectivity index (χ2v) is 10.2. The summed E-state index contributed by atoms with van der Waals surface area (Å²) in [6.45, 7) is 1.61. The summed E-state index contributed by atoms with van der Waals surface area (Å²) in [6.07, 6.45) is 0. The molecule has 0 spiro atoms. The van der Waals surface area contributed by atoms with E-state index in [4.69, 9.17) is 4.74 Å². The number of carbonyl (C=O) groups excluding carboxylic acids is 1. The van der Waals surface area contributed by atoms with Gasteiger partial charge in [-0.25, -0.2) is 8.42 Å². The number of hydrogen-bond donors (Lipinski definition) is 1. The van der Waals surface area contributed by atoms with Gasteiger partial charge in [0.2, 0.25) is 5.91 Å². The number of benzene rings is 4. The van der Waals surface area contributed by atoms with E-state index in [1.54, 1.807) is 42.5 Å². The van der Waals surface area contributed by atoms with Crippen LogP contribution in [0.5, 0.6) is 5.75 Å². The largest absolute Gasteiger partial charge is 0.497 e. The zero-order valence-corrected chi connectivity index (χ0v) is 21.0. The summed E-state index contributed by atoms with van der Waals surface area (Å²) >= 11 is 0. The number of anilines is 1. The first kappa shape index (κ1) is 25.0. The van der Waals surface area contributed by atoms with Crippen LogP contribution in [-0.2, 0) is 14.8 Å². The Morgan fingerprint density at radius 1 is 0.833 bits per heavy atom. The lowest BCUT2D eigenvalue weighted by Crippen LogP contribution is -2.42. The fraction of sp³-hybridized carbons (Fsp3) is 0.138. The van der Waals surface area contributed by atoms with Crippen molar-refractivity contribution in [2.75, 3.05) is 18.0 Å². The van der Waals surface area contributed by atoms with Crippen LogP contribution >= 0.6 is 0 Å². The minimum Gasteiger partial charge on any atom is -0.497 e. The molecule has 0 radical (unpaired) electrons. The van der Waals surface area contributed by atoms with Gasteiger partial charge in [-0.15, -0.1) is 0 Å². The summed E-state index contributed by atoms with van der Waals surface area (Å²) in [5.41, 5.74) is 3.28. The van der Waals surface area contributed by atoms with E-state index in [1.165, 1.54) is 19.2 Å². The van der Waals surface area contributed by atoms with Crippen molar-refractivity contribution < 1.29 is 17.9 Å². The van der Waals surface area contributed by atoms with Gasteiger partial charge >= 0.3 is 0 Å². The summed E-state index contributed by atoms with van der Waals surface area (Å²) in [4.78, 5) is 13.5. The number of sulfonamides is 1. The molecular formula is C29H28N2O4S. The molecule has 0 bridgehead atoms. The van der Waals surface area contributed by atoms with Crippen LogP contribution in [0.25, 0.3) is 0 Å².